The molecule has 1 aromatic heterocycles. The van der Waals surface area contributed by atoms with Crippen molar-refractivity contribution < 1.29 is 9.53 Å². The van der Waals surface area contributed by atoms with Crippen LogP contribution in [-0.2, 0) is 9.53 Å². The van der Waals surface area contributed by atoms with Crippen molar-refractivity contribution in [2.75, 3.05) is 11.9 Å². The summed E-state index contributed by atoms with van der Waals surface area (Å²) in [6.07, 6.45) is 2.92. The van der Waals surface area contributed by atoms with Crippen LogP contribution in [0.25, 0.3) is 0 Å². The third-order valence-electron chi connectivity index (χ3n) is 2.15. The Hall–Kier alpha value is -1.58. The van der Waals surface area contributed by atoms with Crippen molar-refractivity contribution in [1.82, 2.24) is 4.98 Å². The molecule has 0 saturated carbocycles. The highest BCUT2D eigenvalue weighted by Crippen LogP contribution is 2.07. The van der Waals surface area contributed by atoms with Gasteiger partial charge in [-0.3, -0.25) is 4.79 Å². The number of anilines is 1. The summed E-state index contributed by atoms with van der Waals surface area (Å²) in [5.41, 5.74) is 0. The predicted molar refractivity (Wildman–Crippen MR) is 63.2 cm³/mol. The monoisotopic (exact) mass is 222 g/mol. The number of nitrogens with zero attached hydrogens (tertiary/aromatic N) is 1. The normalized spacial score (nSPS) is 11.9. The summed E-state index contributed by atoms with van der Waals surface area (Å²) in [5.74, 6) is 0.691. The fourth-order valence-electron chi connectivity index (χ4n) is 1.34. The Labute approximate surface area is 96.0 Å². The number of carbonyl (C=O) groups is 1. The van der Waals surface area contributed by atoms with E-state index in [1.807, 2.05) is 32.0 Å². The lowest BCUT2D eigenvalue weighted by molar-refractivity contribution is -0.143. The Bertz CT molecular complexity index is 314. The molecular weight excluding hydrogens is 204 g/mol. The maximum Gasteiger partial charge on any atom is 0.305 e. The lowest BCUT2D eigenvalue weighted by Gasteiger charge is -2.13. The highest BCUT2D eigenvalue weighted by atomic mass is 16.5. The minimum absolute atomic E-state index is 0.142. The molecule has 0 radical (unpaired) electrons. The molecule has 16 heavy (non-hydrogen) atoms. The highest BCUT2D eigenvalue weighted by Gasteiger charge is 2.07. The zero-order valence-corrected chi connectivity index (χ0v) is 9.77. The van der Waals surface area contributed by atoms with E-state index < -0.39 is 0 Å². The molecule has 0 saturated heterocycles. The maximum atomic E-state index is 11.1. The molecule has 0 aliphatic rings. The molecule has 0 aliphatic carbocycles. The van der Waals surface area contributed by atoms with E-state index in [4.69, 9.17) is 4.74 Å². The minimum Gasteiger partial charge on any atom is -0.466 e. The Kier molecular flexibility index (Phi) is 5.32. The Balaban J connectivity index is 2.26. The van der Waals surface area contributed by atoms with Crippen molar-refractivity contribution in [3.05, 3.63) is 24.4 Å². The number of ether oxygens (including phenoxy) is 1. The summed E-state index contributed by atoms with van der Waals surface area (Å²) in [6.45, 7) is 4.28. The zero-order chi connectivity index (χ0) is 11.8. The van der Waals surface area contributed by atoms with Gasteiger partial charge in [-0.25, -0.2) is 4.98 Å². The van der Waals surface area contributed by atoms with Gasteiger partial charge in [-0.2, -0.15) is 0 Å². The molecule has 0 aromatic carbocycles. The third kappa shape index (κ3) is 4.77. The first-order valence-corrected chi connectivity index (χ1v) is 5.55. The number of aromatic nitrogens is 1. The number of pyridine rings is 1. The molecule has 4 heteroatoms. The maximum absolute atomic E-state index is 11.1. The first-order valence-electron chi connectivity index (χ1n) is 5.55. The number of hydrogen-bond donors (Lipinski definition) is 1. The SMILES string of the molecule is CCOC(=O)CCC(C)Nc1ccccn1. The largest absolute Gasteiger partial charge is 0.466 e. The van der Waals surface area contributed by atoms with E-state index in [-0.39, 0.29) is 12.0 Å². The van der Waals surface area contributed by atoms with Gasteiger partial charge in [0.1, 0.15) is 5.82 Å². The molecular formula is C12H18N2O2. The van der Waals surface area contributed by atoms with Crippen LogP contribution in [0.5, 0.6) is 0 Å². The van der Waals surface area contributed by atoms with Gasteiger partial charge in [0.05, 0.1) is 6.61 Å². The summed E-state index contributed by atoms with van der Waals surface area (Å²) in [6, 6.07) is 5.90. The van der Waals surface area contributed by atoms with Crippen LogP contribution in [0.1, 0.15) is 26.7 Å². The van der Waals surface area contributed by atoms with E-state index in [2.05, 4.69) is 10.3 Å². The van der Waals surface area contributed by atoms with Crippen molar-refractivity contribution in [3.8, 4) is 0 Å². The molecule has 88 valence electrons. The molecule has 1 atom stereocenters. The van der Waals surface area contributed by atoms with E-state index in [0.717, 1.165) is 12.2 Å². The van der Waals surface area contributed by atoms with Gasteiger partial charge >= 0.3 is 5.97 Å². The van der Waals surface area contributed by atoms with Crippen molar-refractivity contribution in [3.63, 3.8) is 0 Å². The average Bonchev–Trinajstić information content (AvgIpc) is 2.28. The molecule has 0 aliphatic heterocycles. The second kappa shape index (κ2) is 6.82. The summed E-state index contributed by atoms with van der Waals surface area (Å²) >= 11 is 0. The van der Waals surface area contributed by atoms with E-state index in [9.17, 15) is 4.79 Å². The predicted octanol–water partition coefficient (Wildman–Crippen LogP) is 2.23. The van der Waals surface area contributed by atoms with Gasteiger partial charge in [0, 0.05) is 18.7 Å². The summed E-state index contributed by atoms with van der Waals surface area (Å²) < 4.78 is 4.86. The molecule has 1 rings (SSSR count). The van der Waals surface area contributed by atoms with Crippen LogP contribution >= 0.6 is 0 Å². The fraction of sp³-hybridized carbons (Fsp3) is 0.500. The Morgan fingerprint density at radius 3 is 3.00 bits per heavy atom. The molecule has 1 unspecified atom stereocenters. The molecule has 4 nitrogen and oxygen atoms in total. The second-order valence-electron chi connectivity index (χ2n) is 3.60. The van der Waals surface area contributed by atoms with Gasteiger partial charge in [0.25, 0.3) is 0 Å². The molecule has 1 N–H and O–H groups in total. The standard InChI is InChI=1S/C12H18N2O2/c1-3-16-12(15)8-7-10(2)14-11-6-4-5-9-13-11/h4-6,9-10H,3,7-8H2,1-2H3,(H,13,14). The first-order chi connectivity index (χ1) is 7.72. The van der Waals surface area contributed by atoms with Crippen LogP contribution in [0.15, 0.2) is 24.4 Å². The van der Waals surface area contributed by atoms with Crippen molar-refractivity contribution in [2.24, 2.45) is 0 Å². The molecule has 1 heterocycles. The number of carbonyl (C=O) groups excluding carboxylic acids is 1. The quantitative estimate of drug-likeness (QED) is 0.750. The van der Waals surface area contributed by atoms with E-state index >= 15 is 0 Å². The van der Waals surface area contributed by atoms with Crippen molar-refractivity contribution in [1.29, 1.82) is 0 Å². The fourth-order valence-corrected chi connectivity index (χ4v) is 1.34. The zero-order valence-electron chi connectivity index (χ0n) is 9.77. The van der Waals surface area contributed by atoms with Crippen LogP contribution in [0.2, 0.25) is 0 Å². The molecule has 0 bridgehead atoms. The topological polar surface area (TPSA) is 51.2 Å². The highest BCUT2D eigenvalue weighted by molar-refractivity contribution is 5.69. The van der Waals surface area contributed by atoms with Gasteiger partial charge in [-0.15, -0.1) is 0 Å². The first kappa shape index (κ1) is 12.5. The minimum atomic E-state index is -0.142. The van der Waals surface area contributed by atoms with Crippen LogP contribution in [0, 0.1) is 0 Å². The van der Waals surface area contributed by atoms with Crippen molar-refractivity contribution in [2.45, 2.75) is 32.7 Å². The van der Waals surface area contributed by atoms with Crippen LogP contribution in [0.3, 0.4) is 0 Å². The Morgan fingerprint density at radius 1 is 1.56 bits per heavy atom. The summed E-state index contributed by atoms with van der Waals surface area (Å²) in [4.78, 5) is 15.3. The number of esters is 1. The number of rotatable bonds is 6. The van der Waals surface area contributed by atoms with Gasteiger partial charge < -0.3 is 10.1 Å². The second-order valence-corrected chi connectivity index (χ2v) is 3.60. The molecule has 0 fully saturated rings. The van der Waals surface area contributed by atoms with Crippen LogP contribution in [-0.4, -0.2) is 23.6 Å². The molecule has 0 spiro atoms. The van der Waals surface area contributed by atoms with E-state index in [1.165, 1.54) is 0 Å². The van der Waals surface area contributed by atoms with E-state index in [0.29, 0.717) is 13.0 Å². The molecule has 1 aromatic rings. The lowest BCUT2D eigenvalue weighted by atomic mass is 10.2. The third-order valence-corrected chi connectivity index (χ3v) is 2.15. The number of nitrogens with one attached hydrogen (secondary N) is 1. The lowest BCUT2D eigenvalue weighted by Crippen LogP contribution is -2.18. The van der Waals surface area contributed by atoms with E-state index in [1.54, 1.807) is 6.20 Å². The summed E-state index contributed by atoms with van der Waals surface area (Å²) in [5, 5.41) is 3.22. The van der Waals surface area contributed by atoms with Gasteiger partial charge in [0.15, 0.2) is 0 Å². The van der Waals surface area contributed by atoms with Crippen LogP contribution in [0.4, 0.5) is 5.82 Å². The summed E-state index contributed by atoms with van der Waals surface area (Å²) in [7, 11) is 0. The molecule has 0 amide bonds. The van der Waals surface area contributed by atoms with Crippen molar-refractivity contribution >= 4 is 11.8 Å². The van der Waals surface area contributed by atoms with Gasteiger partial charge in [-0.1, -0.05) is 6.07 Å². The average molecular weight is 222 g/mol. The Morgan fingerprint density at radius 2 is 2.38 bits per heavy atom. The van der Waals surface area contributed by atoms with Crippen LogP contribution < -0.4 is 5.32 Å². The smallest absolute Gasteiger partial charge is 0.305 e. The number of hydrogen-bond acceptors (Lipinski definition) is 4. The van der Waals surface area contributed by atoms with Gasteiger partial charge in [-0.05, 0) is 32.4 Å². The van der Waals surface area contributed by atoms with Gasteiger partial charge in [0.2, 0.25) is 0 Å².